The van der Waals surface area contributed by atoms with E-state index in [1.165, 1.54) is 0 Å². The van der Waals surface area contributed by atoms with Gasteiger partial charge in [0.25, 0.3) is 0 Å². The molecule has 0 heterocycles. The highest BCUT2D eigenvalue weighted by Gasteiger charge is 2.59. The zero-order valence-corrected chi connectivity index (χ0v) is 8.37. The minimum Gasteiger partial charge on any atom is -0.459 e. The zero-order valence-electron chi connectivity index (χ0n) is 7.61. The Morgan fingerprint density at radius 2 is 1.69 bits per heavy atom. The molecule has 0 aromatic carbocycles. The summed E-state index contributed by atoms with van der Waals surface area (Å²) < 4.78 is 66.1. The van der Waals surface area contributed by atoms with E-state index in [-0.39, 0.29) is 0 Å². The second-order valence-corrected chi connectivity index (χ2v) is 2.86. The van der Waals surface area contributed by atoms with Crippen molar-refractivity contribution in [3.05, 3.63) is 11.6 Å². The summed E-state index contributed by atoms with van der Waals surface area (Å²) in [5, 5.41) is -0.525. The lowest BCUT2D eigenvalue weighted by atomic mass is 10.6. The molecule has 0 fully saturated rings. The van der Waals surface area contributed by atoms with Gasteiger partial charge in [0.05, 0.1) is 6.61 Å². The monoisotopic (exact) mass is 268 g/mol. The van der Waals surface area contributed by atoms with Gasteiger partial charge in [0, 0.05) is 0 Å². The van der Waals surface area contributed by atoms with Crippen molar-refractivity contribution < 1.29 is 36.2 Å². The molecule has 0 aromatic heterocycles. The lowest BCUT2D eigenvalue weighted by Gasteiger charge is -2.19. The van der Waals surface area contributed by atoms with Crippen molar-refractivity contribution in [2.45, 2.75) is 12.3 Å². The molecule has 0 aromatic rings. The van der Waals surface area contributed by atoms with Crippen molar-refractivity contribution in [2.75, 3.05) is 13.2 Å². The summed E-state index contributed by atoms with van der Waals surface area (Å²) in [6.45, 7) is 1.03. The topological polar surface area (TPSA) is 35.5 Å². The van der Waals surface area contributed by atoms with Gasteiger partial charge < -0.3 is 9.47 Å². The van der Waals surface area contributed by atoms with Crippen LogP contribution in [-0.2, 0) is 14.3 Å². The van der Waals surface area contributed by atoms with Crippen molar-refractivity contribution in [1.82, 2.24) is 0 Å². The van der Waals surface area contributed by atoms with Gasteiger partial charge in [-0.1, -0.05) is 18.2 Å². The summed E-state index contributed by atoms with van der Waals surface area (Å²) in [7, 11) is 0. The molecule has 0 aliphatic carbocycles. The van der Waals surface area contributed by atoms with E-state index in [0.29, 0.717) is 0 Å². The highest BCUT2D eigenvalue weighted by molar-refractivity contribution is 6.40. The zero-order chi connectivity index (χ0) is 13.0. The first-order valence-corrected chi connectivity index (χ1v) is 4.06. The van der Waals surface area contributed by atoms with Crippen molar-refractivity contribution in [3.8, 4) is 0 Å². The summed E-state index contributed by atoms with van der Waals surface area (Å²) in [6, 6.07) is 0. The molecule has 0 rings (SSSR count). The number of ether oxygens (including phenoxy) is 2. The Kier molecular flexibility index (Phi) is 5.14. The van der Waals surface area contributed by atoms with E-state index in [4.69, 9.17) is 11.6 Å². The molecule has 0 amide bonds. The SMILES string of the molecule is C=C(Cl)C(=O)OCCOC(F)(F)C(F)(F)F. The fourth-order valence-corrected chi connectivity index (χ4v) is 0.519. The molecule has 0 spiro atoms. The van der Waals surface area contributed by atoms with Crippen LogP contribution in [0.2, 0.25) is 0 Å². The average Bonchev–Trinajstić information content (AvgIpc) is 2.09. The van der Waals surface area contributed by atoms with Crippen LogP contribution < -0.4 is 0 Å². The highest BCUT2D eigenvalue weighted by atomic mass is 35.5. The molecule has 0 saturated heterocycles. The summed E-state index contributed by atoms with van der Waals surface area (Å²) in [5.74, 6) is -1.12. The van der Waals surface area contributed by atoms with Crippen LogP contribution in [0.15, 0.2) is 11.6 Å². The molecular weight excluding hydrogens is 263 g/mol. The van der Waals surface area contributed by atoms with Gasteiger partial charge in [0.1, 0.15) is 11.6 Å². The van der Waals surface area contributed by atoms with Gasteiger partial charge in [0.15, 0.2) is 0 Å². The minimum absolute atomic E-state index is 0.525. The van der Waals surface area contributed by atoms with Crippen molar-refractivity contribution in [2.24, 2.45) is 0 Å². The van der Waals surface area contributed by atoms with Crippen LogP contribution in [0.25, 0.3) is 0 Å². The number of hydrogen-bond donors (Lipinski definition) is 0. The van der Waals surface area contributed by atoms with Gasteiger partial charge >= 0.3 is 18.3 Å². The van der Waals surface area contributed by atoms with E-state index in [0.717, 1.165) is 0 Å². The molecule has 0 aliphatic rings. The van der Waals surface area contributed by atoms with Crippen LogP contribution in [0, 0.1) is 0 Å². The van der Waals surface area contributed by atoms with Gasteiger partial charge in [-0.3, -0.25) is 0 Å². The van der Waals surface area contributed by atoms with E-state index in [2.05, 4.69) is 16.1 Å². The molecular formula is C7H6ClF5O3. The van der Waals surface area contributed by atoms with Crippen LogP contribution in [0.4, 0.5) is 22.0 Å². The molecule has 16 heavy (non-hydrogen) atoms. The van der Waals surface area contributed by atoms with E-state index >= 15 is 0 Å². The molecule has 94 valence electrons. The van der Waals surface area contributed by atoms with E-state index in [1.54, 1.807) is 0 Å². The Balaban J connectivity index is 3.92. The van der Waals surface area contributed by atoms with Crippen LogP contribution in [0.1, 0.15) is 0 Å². The summed E-state index contributed by atoms with van der Waals surface area (Å²) >= 11 is 5.03. The molecule has 0 atom stereocenters. The molecule has 3 nitrogen and oxygen atoms in total. The first kappa shape index (κ1) is 15.1. The maximum Gasteiger partial charge on any atom is 0.482 e. The molecule has 0 radical (unpaired) electrons. The second-order valence-electron chi connectivity index (χ2n) is 2.40. The molecule has 0 aliphatic heterocycles. The van der Waals surface area contributed by atoms with Crippen molar-refractivity contribution in [3.63, 3.8) is 0 Å². The van der Waals surface area contributed by atoms with E-state index in [9.17, 15) is 26.7 Å². The maximum atomic E-state index is 12.1. The standard InChI is InChI=1S/C7H6ClF5O3/c1-4(8)5(14)15-2-3-16-7(12,13)6(9,10)11/h1-3H2. The summed E-state index contributed by atoms with van der Waals surface area (Å²) in [6.07, 6.45) is -11.1. The Bertz CT molecular complexity index is 276. The fourth-order valence-electron chi connectivity index (χ4n) is 0.464. The van der Waals surface area contributed by atoms with Crippen LogP contribution in [0.3, 0.4) is 0 Å². The molecule has 0 unspecified atom stereocenters. The Morgan fingerprint density at radius 1 is 1.19 bits per heavy atom. The first-order chi connectivity index (χ1) is 7.08. The average molecular weight is 269 g/mol. The summed E-state index contributed by atoms with van der Waals surface area (Å²) in [5.41, 5.74) is 0. The van der Waals surface area contributed by atoms with Gasteiger partial charge in [-0.2, -0.15) is 22.0 Å². The second kappa shape index (κ2) is 5.44. The smallest absolute Gasteiger partial charge is 0.459 e. The highest BCUT2D eigenvalue weighted by Crippen LogP contribution is 2.36. The number of rotatable bonds is 5. The number of carbonyl (C=O) groups excluding carboxylic acids is 1. The number of carbonyl (C=O) groups is 1. The third-order valence-electron chi connectivity index (χ3n) is 1.15. The van der Waals surface area contributed by atoms with Crippen molar-refractivity contribution >= 4 is 17.6 Å². The normalized spacial score (nSPS) is 12.4. The van der Waals surface area contributed by atoms with Gasteiger partial charge in [0.2, 0.25) is 0 Å². The lowest BCUT2D eigenvalue weighted by molar-refractivity contribution is -0.391. The Labute approximate surface area is 91.8 Å². The predicted octanol–water partition coefficient (Wildman–Crippen LogP) is 2.45. The van der Waals surface area contributed by atoms with Crippen LogP contribution in [-0.4, -0.2) is 31.5 Å². The van der Waals surface area contributed by atoms with E-state index < -0.39 is 36.5 Å². The van der Waals surface area contributed by atoms with Crippen LogP contribution in [0.5, 0.6) is 0 Å². The van der Waals surface area contributed by atoms with Crippen molar-refractivity contribution in [1.29, 1.82) is 0 Å². The molecule has 0 saturated carbocycles. The predicted molar refractivity (Wildman–Crippen MR) is 42.9 cm³/mol. The van der Waals surface area contributed by atoms with E-state index in [1.807, 2.05) is 0 Å². The third-order valence-corrected chi connectivity index (χ3v) is 1.31. The lowest BCUT2D eigenvalue weighted by Crippen LogP contribution is -2.40. The summed E-state index contributed by atoms with van der Waals surface area (Å²) in [4.78, 5) is 10.5. The van der Waals surface area contributed by atoms with Gasteiger partial charge in [-0.15, -0.1) is 0 Å². The molecule has 0 bridgehead atoms. The Morgan fingerprint density at radius 3 is 2.06 bits per heavy atom. The maximum absolute atomic E-state index is 12.1. The minimum atomic E-state index is -5.81. The number of halogens is 6. The number of hydrogen-bond acceptors (Lipinski definition) is 3. The fraction of sp³-hybridized carbons (Fsp3) is 0.571. The molecule has 0 N–H and O–H groups in total. The number of alkyl halides is 5. The van der Waals surface area contributed by atoms with Crippen LogP contribution >= 0.6 is 11.6 Å². The molecule has 9 heteroatoms. The number of esters is 1. The van der Waals surface area contributed by atoms with Gasteiger partial charge in [-0.05, 0) is 0 Å². The Hall–Kier alpha value is -0.890. The van der Waals surface area contributed by atoms with Gasteiger partial charge in [-0.25, -0.2) is 4.79 Å². The largest absolute Gasteiger partial charge is 0.482 e. The third kappa shape index (κ3) is 4.75. The first-order valence-electron chi connectivity index (χ1n) is 3.68. The quantitative estimate of drug-likeness (QED) is 0.332.